The minimum absolute atomic E-state index is 0.0379. The van der Waals surface area contributed by atoms with Gasteiger partial charge in [-0.05, 0) is 22.0 Å². The number of halogens is 2. The van der Waals surface area contributed by atoms with Crippen LogP contribution in [0.25, 0.3) is 11.3 Å². The zero-order valence-electron chi connectivity index (χ0n) is 11.2. The van der Waals surface area contributed by atoms with Crippen molar-refractivity contribution in [1.29, 1.82) is 0 Å². The van der Waals surface area contributed by atoms with Gasteiger partial charge in [0.2, 0.25) is 0 Å². The molecule has 0 amide bonds. The van der Waals surface area contributed by atoms with Crippen molar-refractivity contribution in [3.8, 4) is 17.0 Å². The standard InChI is InChI=1S/C13H11BrFNO4S/c1-18-6-20-9-3-7(15)5-16-11(9)8-4-10(13(17)19-2)21-12(8)14/h3-5H,6H2,1-2H3. The van der Waals surface area contributed by atoms with Gasteiger partial charge in [0, 0.05) is 18.7 Å². The van der Waals surface area contributed by atoms with E-state index in [-0.39, 0.29) is 12.5 Å². The second-order valence-electron chi connectivity index (χ2n) is 3.84. The maximum absolute atomic E-state index is 13.3. The van der Waals surface area contributed by atoms with Crippen LogP contribution in [0.4, 0.5) is 4.39 Å². The number of rotatable bonds is 5. The first kappa shape index (κ1) is 15.9. The van der Waals surface area contributed by atoms with Gasteiger partial charge in [-0.1, -0.05) is 0 Å². The Balaban J connectivity index is 2.46. The molecule has 8 heteroatoms. The Kier molecular flexibility index (Phi) is 5.27. The molecule has 0 aliphatic heterocycles. The molecule has 2 aromatic heterocycles. The molecule has 0 fully saturated rings. The molecule has 0 aliphatic carbocycles. The zero-order chi connectivity index (χ0) is 15.4. The maximum Gasteiger partial charge on any atom is 0.348 e. The van der Waals surface area contributed by atoms with Crippen LogP contribution in [-0.2, 0) is 9.47 Å². The number of thiophene rings is 1. The van der Waals surface area contributed by atoms with Crippen LogP contribution in [0, 0.1) is 5.82 Å². The van der Waals surface area contributed by atoms with Crippen LogP contribution in [0.5, 0.6) is 5.75 Å². The van der Waals surface area contributed by atoms with Crippen LogP contribution in [0.15, 0.2) is 22.1 Å². The number of carbonyl (C=O) groups is 1. The van der Waals surface area contributed by atoms with Crippen LogP contribution in [0.2, 0.25) is 0 Å². The molecule has 0 saturated heterocycles. The van der Waals surface area contributed by atoms with Gasteiger partial charge in [0.15, 0.2) is 12.5 Å². The van der Waals surface area contributed by atoms with Gasteiger partial charge < -0.3 is 14.2 Å². The van der Waals surface area contributed by atoms with Crippen molar-refractivity contribution in [2.24, 2.45) is 0 Å². The zero-order valence-corrected chi connectivity index (χ0v) is 13.6. The third-order valence-corrected chi connectivity index (χ3v) is 4.30. The van der Waals surface area contributed by atoms with E-state index < -0.39 is 11.8 Å². The molecule has 21 heavy (non-hydrogen) atoms. The number of aromatic nitrogens is 1. The second kappa shape index (κ2) is 6.97. The number of ether oxygens (including phenoxy) is 3. The first-order valence-electron chi connectivity index (χ1n) is 5.72. The molecule has 0 spiro atoms. The Morgan fingerprint density at radius 1 is 1.43 bits per heavy atom. The predicted octanol–water partition coefficient (Wildman–Crippen LogP) is 3.48. The summed E-state index contributed by atoms with van der Waals surface area (Å²) in [6, 6.07) is 2.82. The van der Waals surface area contributed by atoms with Gasteiger partial charge in [-0.25, -0.2) is 14.2 Å². The molecule has 0 saturated carbocycles. The average molecular weight is 376 g/mol. The summed E-state index contributed by atoms with van der Waals surface area (Å²) in [4.78, 5) is 16.0. The van der Waals surface area contributed by atoms with E-state index in [1.165, 1.54) is 31.6 Å². The Morgan fingerprint density at radius 2 is 2.19 bits per heavy atom. The highest BCUT2D eigenvalue weighted by Crippen LogP contribution is 2.39. The molecule has 2 aromatic rings. The summed E-state index contributed by atoms with van der Waals surface area (Å²) in [6.07, 6.45) is 1.08. The summed E-state index contributed by atoms with van der Waals surface area (Å²) >= 11 is 4.56. The number of nitrogens with zero attached hydrogens (tertiary/aromatic N) is 1. The molecule has 2 rings (SSSR count). The van der Waals surface area contributed by atoms with E-state index in [1.54, 1.807) is 6.07 Å². The average Bonchev–Trinajstić information content (AvgIpc) is 2.86. The van der Waals surface area contributed by atoms with Crippen LogP contribution < -0.4 is 4.74 Å². The fourth-order valence-corrected chi connectivity index (χ4v) is 3.21. The summed E-state index contributed by atoms with van der Waals surface area (Å²) < 4.78 is 28.8. The molecule has 0 aliphatic rings. The molecule has 5 nitrogen and oxygen atoms in total. The largest absolute Gasteiger partial charge is 0.465 e. The molecule has 0 bridgehead atoms. The quantitative estimate of drug-likeness (QED) is 0.591. The van der Waals surface area contributed by atoms with E-state index in [9.17, 15) is 9.18 Å². The van der Waals surface area contributed by atoms with Crippen molar-refractivity contribution < 1.29 is 23.4 Å². The van der Waals surface area contributed by atoms with Crippen molar-refractivity contribution in [1.82, 2.24) is 4.98 Å². The van der Waals surface area contributed by atoms with Gasteiger partial charge in [-0.15, -0.1) is 11.3 Å². The van der Waals surface area contributed by atoms with Gasteiger partial charge in [-0.3, -0.25) is 0 Å². The number of hydrogen-bond donors (Lipinski definition) is 0. The van der Waals surface area contributed by atoms with Crippen molar-refractivity contribution >= 4 is 33.2 Å². The highest BCUT2D eigenvalue weighted by atomic mass is 79.9. The summed E-state index contributed by atoms with van der Waals surface area (Å²) in [5.74, 6) is -0.746. The second-order valence-corrected chi connectivity index (χ2v) is 6.21. The van der Waals surface area contributed by atoms with E-state index in [4.69, 9.17) is 9.47 Å². The highest BCUT2D eigenvalue weighted by Gasteiger charge is 2.19. The van der Waals surface area contributed by atoms with Crippen LogP contribution in [-0.4, -0.2) is 32.0 Å². The smallest absolute Gasteiger partial charge is 0.348 e. The van der Waals surface area contributed by atoms with Crippen molar-refractivity contribution in [2.75, 3.05) is 21.0 Å². The summed E-state index contributed by atoms with van der Waals surface area (Å²) in [6.45, 7) is -0.0379. The SMILES string of the molecule is COCOc1cc(F)cnc1-c1cc(C(=O)OC)sc1Br. The van der Waals surface area contributed by atoms with Gasteiger partial charge in [-0.2, -0.15) is 0 Å². The minimum atomic E-state index is -0.524. The molecule has 2 heterocycles. The number of methoxy groups -OCH3 is 2. The Hall–Kier alpha value is -1.51. The predicted molar refractivity (Wildman–Crippen MR) is 79.1 cm³/mol. The van der Waals surface area contributed by atoms with Gasteiger partial charge in [0.05, 0.1) is 17.1 Å². The first-order valence-corrected chi connectivity index (χ1v) is 7.33. The topological polar surface area (TPSA) is 57.7 Å². The third-order valence-electron chi connectivity index (χ3n) is 2.48. The third kappa shape index (κ3) is 3.58. The van der Waals surface area contributed by atoms with Crippen molar-refractivity contribution in [3.05, 3.63) is 32.8 Å². The maximum atomic E-state index is 13.3. The molecule has 112 valence electrons. The van der Waals surface area contributed by atoms with E-state index in [1.807, 2.05) is 0 Å². The van der Waals surface area contributed by atoms with E-state index >= 15 is 0 Å². The number of esters is 1. The normalized spacial score (nSPS) is 10.5. The van der Waals surface area contributed by atoms with E-state index in [0.717, 1.165) is 6.20 Å². The molecule has 0 atom stereocenters. The molecule has 0 unspecified atom stereocenters. The number of hydrogen-bond acceptors (Lipinski definition) is 6. The van der Waals surface area contributed by atoms with Gasteiger partial charge >= 0.3 is 5.97 Å². The number of pyridine rings is 1. The van der Waals surface area contributed by atoms with Crippen LogP contribution in [0.1, 0.15) is 9.67 Å². The van der Waals surface area contributed by atoms with E-state index in [0.29, 0.717) is 19.9 Å². The van der Waals surface area contributed by atoms with Gasteiger partial charge in [0.25, 0.3) is 0 Å². The van der Waals surface area contributed by atoms with E-state index in [2.05, 4.69) is 25.7 Å². The van der Waals surface area contributed by atoms with Crippen LogP contribution >= 0.6 is 27.3 Å². The molecular formula is C13H11BrFNO4S. The van der Waals surface area contributed by atoms with Gasteiger partial charge in [0.1, 0.15) is 16.4 Å². The lowest BCUT2D eigenvalue weighted by Gasteiger charge is -2.09. The highest BCUT2D eigenvalue weighted by molar-refractivity contribution is 9.11. The first-order chi connectivity index (χ1) is 10.1. The summed E-state index contributed by atoms with van der Waals surface area (Å²) in [7, 11) is 2.77. The monoisotopic (exact) mass is 375 g/mol. The lowest BCUT2D eigenvalue weighted by molar-refractivity contribution is 0.0510. The fourth-order valence-electron chi connectivity index (χ4n) is 1.59. The Labute approximate surface area is 132 Å². The fraction of sp³-hybridized carbons (Fsp3) is 0.231. The molecule has 0 aromatic carbocycles. The molecule has 0 N–H and O–H groups in total. The lowest BCUT2D eigenvalue weighted by atomic mass is 10.2. The lowest BCUT2D eigenvalue weighted by Crippen LogP contribution is -2.02. The molecule has 0 radical (unpaired) electrons. The molecular weight excluding hydrogens is 365 g/mol. The van der Waals surface area contributed by atoms with Crippen molar-refractivity contribution in [2.45, 2.75) is 0 Å². The summed E-state index contributed by atoms with van der Waals surface area (Å²) in [5, 5.41) is 0. The summed E-state index contributed by atoms with van der Waals surface area (Å²) in [5.41, 5.74) is 1.03. The number of carbonyl (C=O) groups excluding carboxylic acids is 1. The minimum Gasteiger partial charge on any atom is -0.465 e. The Bertz CT molecular complexity index is 662. The van der Waals surface area contributed by atoms with Crippen molar-refractivity contribution in [3.63, 3.8) is 0 Å². The van der Waals surface area contributed by atoms with Crippen LogP contribution in [0.3, 0.4) is 0 Å². The Morgan fingerprint density at radius 3 is 2.86 bits per heavy atom.